The number of hydrogen-bond donors (Lipinski definition) is 1. The van der Waals surface area contributed by atoms with E-state index in [1.165, 1.54) is 0 Å². The normalized spacial score (nSPS) is 51.8. The van der Waals surface area contributed by atoms with Gasteiger partial charge in [-0.05, 0) is 50.9 Å². The number of carboxylic acid groups (broad SMARTS) is 1. The molecule has 102 valence electrons. The molecule has 0 heterocycles. The number of carbonyl (C=O) groups is 2. The molecule has 0 amide bonds. The Labute approximate surface area is 111 Å². The maximum absolute atomic E-state index is 11.8. The van der Waals surface area contributed by atoms with Crippen LogP contribution in [0.2, 0.25) is 0 Å². The molecule has 0 aromatic carbocycles. The molecule has 0 radical (unpaired) electrons. The molecule has 0 saturated heterocycles. The maximum atomic E-state index is 11.8. The van der Waals surface area contributed by atoms with Crippen LogP contribution < -0.4 is 0 Å². The van der Waals surface area contributed by atoms with Crippen molar-refractivity contribution in [3.63, 3.8) is 0 Å². The standard InChI is InChI=1S/C15H18O4/c1-8(2)11(16)19-14-5-9-3-13(12(17)18)4-10(6-14)15(9,14)7-13/h9-10H,1,3-7H2,2H3,(H,17,18). The second-order valence-electron chi connectivity index (χ2n) is 7.18. The number of hydrogen-bond acceptors (Lipinski definition) is 3. The third kappa shape index (κ3) is 0.976. The van der Waals surface area contributed by atoms with Crippen LogP contribution in [-0.2, 0) is 14.3 Å². The first-order chi connectivity index (χ1) is 8.85. The van der Waals surface area contributed by atoms with Crippen LogP contribution in [0, 0.1) is 22.7 Å². The van der Waals surface area contributed by atoms with Crippen molar-refractivity contribution in [1.82, 2.24) is 0 Å². The van der Waals surface area contributed by atoms with Crippen LogP contribution >= 0.6 is 0 Å². The molecule has 0 aromatic rings. The first-order valence-corrected chi connectivity index (χ1v) is 6.98. The van der Waals surface area contributed by atoms with Gasteiger partial charge in [-0.15, -0.1) is 0 Å². The van der Waals surface area contributed by atoms with Gasteiger partial charge in [-0.3, -0.25) is 4.79 Å². The summed E-state index contributed by atoms with van der Waals surface area (Å²) in [5, 5.41) is 9.52. The lowest BCUT2D eigenvalue weighted by Gasteiger charge is -2.72. The second-order valence-corrected chi connectivity index (χ2v) is 7.18. The molecule has 4 fully saturated rings. The number of fused-ring (bicyclic) bond motifs is 1. The second kappa shape index (κ2) is 2.89. The van der Waals surface area contributed by atoms with Crippen molar-refractivity contribution in [3.05, 3.63) is 12.2 Å². The van der Waals surface area contributed by atoms with Gasteiger partial charge < -0.3 is 9.84 Å². The first-order valence-electron chi connectivity index (χ1n) is 6.98. The van der Waals surface area contributed by atoms with Crippen molar-refractivity contribution < 1.29 is 19.4 Å². The lowest BCUT2D eigenvalue weighted by Crippen LogP contribution is -2.74. The summed E-state index contributed by atoms with van der Waals surface area (Å²) in [5.74, 6) is -0.0557. The van der Waals surface area contributed by atoms with Crippen LogP contribution in [0.25, 0.3) is 0 Å². The molecule has 0 aliphatic heterocycles. The van der Waals surface area contributed by atoms with Gasteiger partial charge in [-0.2, -0.15) is 0 Å². The molecule has 4 heteroatoms. The molecule has 4 nitrogen and oxygen atoms in total. The van der Waals surface area contributed by atoms with Crippen LogP contribution in [0.15, 0.2) is 12.2 Å². The number of aliphatic carboxylic acids is 1. The van der Waals surface area contributed by atoms with Crippen molar-refractivity contribution in [1.29, 1.82) is 0 Å². The van der Waals surface area contributed by atoms with E-state index in [-0.39, 0.29) is 17.0 Å². The van der Waals surface area contributed by atoms with Gasteiger partial charge in [0.2, 0.25) is 0 Å². The van der Waals surface area contributed by atoms with Crippen LogP contribution in [0.1, 0.15) is 39.0 Å². The van der Waals surface area contributed by atoms with Gasteiger partial charge in [0.05, 0.1) is 5.41 Å². The Hall–Kier alpha value is -1.32. The van der Waals surface area contributed by atoms with Gasteiger partial charge in [0.25, 0.3) is 0 Å². The summed E-state index contributed by atoms with van der Waals surface area (Å²) in [7, 11) is 0. The number of ether oxygens (including phenoxy) is 1. The molecular weight excluding hydrogens is 244 g/mol. The van der Waals surface area contributed by atoms with E-state index in [0.29, 0.717) is 23.8 Å². The minimum atomic E-state index is -0.647. The highest BCUT2D eigenvalue weighted by Gasteiger charge is 2.87. The third-order valence-electron chi connectivity index (χ3n) is 6.45. The zero-order valence-electron chi connectivity index (χ0n) is 11.1. The Morgan fingerprint density at radius 2 is 1.79 bits per heavy atom. The van der Waals surface area contributed by atoms with E-state index in [2.05, 4.69) is 6.58 Å². The predicted molar refractivity (Wildman–Crippen MR) is 66.2 cm³/mol. The van der Waals surface area contributed by atoms with Gasteiger partial charge in [0.15, 0.2) is 0 Å². The van der Waals surface area contributed by atoms with E-state index in [9.17, 15) is 14.7 Å². The SMILES string of the molecule is C=C(C)C(=O)OC12CC3CC4(C(=O)O)CC(C1)C32C4. The monoisotopic (exact) mass is 262 g/mol. The van der Waals surface area contributed by atoms with E-state index in [1.54, 1.807) is 6.92 Å². The average Bonchev–Trinajstić information content (AvgIpc) is 2.78. The summed E-state index contributed by atoms with van der Waals surface area (Å²) in [4.78, 5) is 23.4. The Morgan fingerprint density at radius 1 is 1.21 bits per heavy atom. The number of carboxylic acids is 1. The summed E-state index contributed by atoms with van der Waals surface area (Å²) in [6, 6.07) is 0. The lowest BCUT2D eigenvalue weighted by molar-refractivity contribution is -0.311. The van der Waals surface area contributed by atoms with Crippen molar-refractivity contribution in [2.75, 3.05) is 0 Å². The summed E-state index contributed by atoms with van der Waals surface area (Å²) < 4.78 is 5.73. The molecular formula is C15H18O4. The van der Waals surface area contributed by atoms with Gasteiger partial charge in [-0.25, -0.2) is 4.79 Å². The molecule has 4 aliphatic carbocycles. The van der Waals surface area contributed by atoms with E-state index in [4.69, 9.17) is 4.74 Å². The Morgan fingerprint density at radius 3 is 2.26 bits per heavy atom. The fourth-order valence-corrected chi connectivity index (χ4v) is 5.82. The zero-order valence-corrected chi connectivity index (χ0v) is 11.1. The van der Waals surface area contributed by atoms with E-state index < -0.39 is 11.4 Å². The van der Waals surface area contributed by atoms with Gasteiger partial charge in [-0.1, -0.05) is 6.58 Å². The first kappa shape index (κ1) is 11.5. The highest BCUT2D eigenvalue weighted by molar-refractivity contribution is 5.87. The molecule has 4 rings (SSSR count). The van der Waals surface area contributed by atoms with Crippen molar-refractivity contribution in [2.24, 2.45) is 22.7 Å². The average molecular weight is 262 g/mol. The van der Waals surface area contributed by atoms with Crippen LogP contribution in [0.4, 0.5) is 0 Å². The molecule has 4 saturated carbocycles. The zero-order chi connectivity index (χ0) is 13.6. The quantitative estimate of drug-likeness (QED) is 0.625. The molecule has 2 atom stereocenters. The lowest BCUT2D eigenvalue weighted by atomic mass is 9.35. The number of esters is 1. The van der Waals surface area contributed by atoms with Crippen LogP contribution in [0.5, 0.6) is 0 Å². The summed E-state index contributed by atoms with van der Waals surface area (Å²) >= 11 is 0. The minimum absolute atomic E-state index is 0.00347. The molecule has 1 N–H and O–H groups in total. The molecule has 4 aliphatic rings. The largest absolute Gasteiger partial charge is 0.481 e. The van der Waals surface area contributed by atoms with E-state index in [0.717, 1.165) is 25.7 Å². The predicted octanol–water partition coefficient (Wildman–Crippen LogP) is 2.14. The molecule has 1 spiro atoms. The van der Waals surface area contributed by atoms with E-state index >= 15 is 0 Å². The smallest absolute Gasteiger partial charge is 0.333 e. The molecule has 19 heavy (non-hydrogen) atoms. The van der Waals surface area contributed by atoms with Crippen molar-refractivity contribution in [3.8, 4) is 0 Å². The molecule has 2 unspecified atom stereocenters. The minimum Gasteiger partial charge on any atom is -0.481 e. The van der Waals surface area contributed by atoms with Gasteiger partial charge in [0, 0.05) is 11.0 Å². The fraction of sp³-hybridized carbons (Fsp3) is 0.733. The summed E-state index contributed by atoms with van der Waals surface area (Å²) in [5.41, 5.74) is -0.454. The van der Waals surface area contributed by atoms with Gasteiger partial charge >= 0.3 is 11.9 Å². The maximum Gasteiger partial charge on any atom is 0.333 e. The van der Waals surface area contributed by atoms with Gasteiger partial charge in [0.1, 0.15) is 5.60 Å². The fourth-order valence-electron chi connectivity index (χ4n) is 5.82. The number of carbonyl (C=O) groups excluding carboxylic acids is 1. The van der Waals surface area contributed by atoms with Crippen molar-refractivity contribution >= 4 is 11.9 Å². The Balaban J connectivity index is 1.64. The van der Waals surface area contributed by atoms with Crippen LogP contribution in [-0.4, -0.2) is 22.6 Å². The van der Waals surface area contributed by atoms with Crippen molar-refractivity contribution in [2.45, 2.75) is 44.6 Å². The highest BCUT2D eigenvalue weighted by Crippen LogP contribution is 2.86. The van der Waals surface area contributed by atoms with E-state index in [1.807, 2.05) is 0 Å². The van der Waals surface area contributed by atoms with Crippen LogP contribution in [0.3, 0.4) is 0 Å². The Bertz CT molecular complexity index is 516. The topological polar surface area (TPSA) is 63.6 Å². The Kier molecular flexibility index (Phi) is 1.75. The number of rotatable bonds is 3. The third-order valence-corrected chi connectivity index (χ3v) is 6.45. The highest BCUT2D eigenvalue weighted by atomic mass is 16.6. The summed E-state index contributed by atoms with van der Waals surface area (Å²) in [6.07, 6.45) is 4.00. The molecule has 2 bridgehead atoms. The molecule has 0 aromatic heterocycles. The summed E-state index contributed by atoms with van der Waals surface area (Å²) in [6.45, 7) is 5.29.